The van der Waals surface area contributed by atoms with Crippen LogP contribution >= 0.6 is 0 Å². The number of fused-ring (bicyclic) bond motifs is 5. The van der Waals surface area contributed by atoms with Crippen molar-refractivity contribution in [3.05, 3.63) is 217 Å². The number of rotatable bonds is 12. The van der Waals surface area contributed by atoms with Gasteiger partial charge in [-0.1, -0.05) is 199 Å². The van der Waals surface area contributed by atoms with E-state index in [4.69, 9.17) is 4.42 Å². The molecule has 10 aromatic carbocycles. The first kappa shape index (κ1) is 47.9. The normalized spacial score (nSPS) is 12.2. The molecule has 11 aromatic rings. The first-order chi connectivity index (χ1) is 35.1. The van der Waals surface area contributed by atoms with Gasteiger partial charge in [-0.3, -0.25) is 0 Å². The highest BCUT2D eigenvalue weighted by atomic mass is 28.3. The van der Waals surface area contributed by atoms with Gasteiger partial charge in [0.2, 0.25) is 0 Å². The Morgan fingerprint density at radius 2 is 0.712 bits per heavy atom. The number of hydrogen-bond acceptors (Lipinski definition) is 3. The highest BCUT2D eigenvalue weighted by Crippen LogP contribution is 2.46. The topological polar surface area (TPSA) is 19.6 Å². The molecule has 0 radical (unpaired) electrons. The van der Waals surface area contributed by atoms with E-state index >= 15 is 0 Å². The van der Waals surface area contributed by atoms with E-state index < -0.39 is 16.1 Å². The second-order valence-corrected chi connectivity index (χ2v) is 32.9. The zero-order chi connectivity index (χ0) is 50.8. The van der Waals surface area contributed by atoms with Gasteiger partial charge in [-0.05, 0) is 141 Å². The van der Waals surface area contributed by atoms with E-state index in [1.54, 1.807) is 0 Å². The third-order valence-corrected chi connectivity index (χ3v) is 19.0. The van der Waals surface area contributed by atoms with Gasteiger partial charge in [-0.25, -0.2) is 0 Å². The van der Waals surface area contributed by atoms with E-state index in [1.165, 1.54) is 65.9 Å². The molecule has 1 aromatic heterocycles. The van der Waals surface area contributed by atoms with E-state index in [0.717, 1.165) is 55.5 Å². The lowest BCUT2D eigenvalue weighted by Crippen LogP contribution is -2.37. The Morgan fingerprint density at radius 1 is 0.342 bits per heavy atom. The molecule has 3 nitrogen and oxygen atoms in total. The molecule has 0 aliphatic carbocycles. The summed E-state index contributed by atoms with van der Waals surface area (Å²) in [5.74, 6) is 0.752. The number of furan rings is 1. The average Bonchev–Trinajstić information content (AvgIpc) is 3.73. The smallest absolute Gasteiger partial charge is 0.136 e. The van der Waals surface area contributed by atoms with Gasteiger partial charge in [0.15, 0.2) is 0 Å². The standard InChI is InChI=1S/C68H66N2OSi2/c1-45(2)49-23-35-61(47-17-13-11-14-18-47)65(41-49)69(55-27-31-59(32-28-55)72(5,6)7)57-25-21-51-39-63-64-40-52-22-26-58(38-54(52)44-68(64)71-67(63)43-53(51)37-57)70(56-29-33-60(34-30-56)73(8,9)10)66-42-50(46(3)4)24-36-62(66)48-19-15-12-16-20-48/h11-46H,1-10H3. The van der Waals surface area contributed by atoms with Crippen molar-refractivity contribution in [1.82, 2.24) is 0 Å². The molecule has 73 heavy (non-hydrogen) atoms. The summed E-state index contributed by atoms with van der Waals surface area (Å²) in [6.07, 6.45) is 0. The van der Waals surface area contributed by atoms with Gasteiger partial charge < -0.3 is 14.2 Å². The monoisotopic (exact) mass is 982 g/mol. The SMILES string of the molecule is CC(C)c1ccc(-c2ccccc2)c(N(c2ccc([Si](C)(C)C)cc2)c2ccc3cc4c(cc3c2)oc2cc3cc(N(c5ccc([Si](C)(C)C)cc5)c5cc(C(C)C)ccc5-c5ccccc5)ccc3cc24)c1. The van der Waals surface area contributed by atoms with Crippen LogP contribution in [-0.4, -0.2) is 16.1 Å². The summed E-state index contributed by atoms with van der Waals surface area (Å²) < 4.78 is 6.92. The van der Waals surface area contributed by atoms with Crippen molar-refractivity contribution in [3.8, 4) is 22.3 Å². The molecule has 362 valence electrons. The number of hydrogen-bond donors (Lipinski definition) is 0. The molecule has 1 heterocycles. The van der Waals surface area contributed by atoms with Crippen LogP contribution in [0.3, 0.4) is 0 Å². The third-order valence-electron chi connectivity index (χ3n) is 14.9. The second-order valence-electron chi connectivity index (χ2n) is 22.7. The van der Waals surface area contributed by atoms with Crippen LogP contribution in [0.4, 0.5) is 34.1 Å². The summed E-state index contributed by atoms with van der Waals surface area (Å²) in [4.78, 5) is 4.92. The Balaban J connectivity index is 1.05. The van der Waals surface area contributed by atoms with Crippen molar-refractivity contribution in [2.24, 2.45) is 0 Å². The van der Waals surface area contributed by atoms with Gasteiger partial charge in [-0.2, -0.15) is 0 Å². The van der Waals surface area contributed by atoms with Gasteiger partial charge in [0, 0.05) is 44.6 Å². The Labute approximate surface area is 434 Å². The molecule has 0 saturated carbocycles. The van der Waals surface area contributed by atoms with Gasteiger partial charge >= 0.3 is 0 Å². The van der Waals surface area contributed by atoms with Crippen LogP contribution in [0.5, 0.6) is 0 Å². The van der Waals surface area contributed by atoms with E-state index in [1.807, 2.05) is 0 Å². The predicted octanol–water partition coefficient (Wildman–Crippen LogP) is 19.5. The van der Waals surface area contributed by atoms with Crippen LogP contribution in [0.1, 0.15) is 50.7 Å². The highest BCUT2D eigenvalue weighted by Gasteiger charge is 2.24. The lowest BCUT2D eigenvalue weighted by atomic mass is 9.95. The number of benzene rings is 10. The van der Waals surface area contributed by atoms with Crippen LogP contribution in [-0.2, 0) is 0 Å². The average molecular weight is 983 g/mol. The van der Waals surface area contributed by atoms with Crippen LogP contribution in [0.2, 0.25) is 39.3 Å². The van der Waals surface area contributed by atoms with E-state index in [2.05, 4.69) is 283 Å². The minimum Gasteiger partial charge on any atom is -0.456 e. The quantitative estimate of drug-likeness (QED) is 0.114. The molecule has 0 aliphatic heterocycles. The molecule has 0 N–H and O–H groups in total. The van der Waals surface area contributed by atoms with Gasteiger partial charge in [0.05, 0.1) is 27.5 Å². The molecule has 0 aliphatic rings. The Bertz CT molecular complexity index is 3550. The molecule has 0 unspecified atom stereocenters. The van der Waals surface area contributed by atoms with Gasteiger partial charge in [0.25, 0.3) is 0 Å². The van der Waals surface area contributed by atoms with Crippen molar-refractivity contribution < 1.29 is 4.42 Å². The molecule has 0 amide bonds. The predicted molar refractivity (Wildman–Crippen MR) is 323 cm³/mol. The van der Waals surface area contributed by atoms with E-state index in [0.29, 0.717) is 11.8 Å². The van der Waals surface area contributed by atoms with Gasteiger partial charge in [0.1, 0.15) is 11.2 Å². The van der Waals surface area contributed by atoms with Crippen molar-refractivity contribution in [3.63, 3.8) is 0 Å². The summed E-state index contributed by atoms with van der Waals surface area (Å²) in [7, 11) is -3.05. The molecular weight excluding hydrogens is 917 g/mol. The van der Waals surface area contributed by atoms with Crippen LogP contribution < -0.4 is 20.2 Å². The Morgan fingerprint density at radius 3 is 1.07 bits per heavy atom. The lowest BCUT2D eigenvalue weighted by molar-refractivity contribution is 0.670. The Hall–Kier alpha value is -7.45. The molecule has 11 rings (SSSR count). The van der Waals surface area contributed by atoms with E-state index in [9.17, 15) is 0 Å². The first-order valence-electron chi connectivity index (χ1n) is 26.1. The summed E-state index contributed by atoms with van der Waals surface area (Å²) in [6.45, 7) is 23.6. The summed E-state index contributed by atoms with van der Waals surface area (Å²) in [6, 6.07) is 77.3. The molecule has 0 atom stereocenters. The number of nitrogens with zero attached hydrogens (tertiary/aromatic N) is 2. The molecule has 0 spiro atoms. The summed E-state index contributed by atoms with van der Waals surface area (Å²) in [5, 5.41) is 9.76. The van der Waals surface area contributed by atoms with Crippen LogP contribution in [0.15, 0.2) is 211 Å². The van der Waals surface area contributed by atoms with Crippen molar-refractivity contribution in [2.45, 2.75) is 78.8 Å². The number of anilines is 6. The maximum atomic E-state index is 6.92. The van der Waals surface area contributed by atoms with Crippen molar-refractivity contribution >= 4 is 104 Å². The maximum Gasteiger partial charge on any atom is 0.136 e. The largest absolute Gasteiger partial charge is 0.456 e. The molecule has 5 heteroatoms. The molecule has 0 saturated heterocycles. The van der Waals surface area contributed by atoms with Crippen molar-refractivity contribution in [1.29, 1.82) is 0 Å². The lowest BCUT2D eigenvalue weighted by Gasteiger charge is -2.30. The highest BCUT2D eigenvalue weighted by molar-refractivity contribution is 6.89. The van der Waals surface area contributed by atoms with Crippen molar-refractivity contribution in [2.75, 3.05) is 9.80 Å². The van der Waals surface area contributed by atoms with Gasteiger partial charge in [-0.15, -0.1) is 0 Å². The fourth-order valence-corrected chi connectivity index (χ4v) is 12.8. The van der Waals surface area contributed by atoms with E-state index in [-0.39, 0.29) is 0 Å². The first-order valence-corrected chi connectivity index (χ1v) is 33.1. The third kappa shape index (κ3) is 9.33. The minimum atomic E-state index is -1.52. The Kier molecular flexibility index (Phi) is 12.4. The zero-order valence-electron chi connectivity index (χ0n) is 44.1. The molecule has 0 bridgehead atoms. The second kappa shape index (κ2) is 18.9. The van der Waals surface area contributed by atoms with Crippen LogP contribution in [0.25, 0.3) is 65.7 Å². The maximum absolute atomic E-state index is 6.92. The molecular formula is C68H66N2OSi2. The zero-order valence-corrected chi connectivity index (χ0v) is 46.1. The summed E-state index contributed by atoms with van der Waals surface area (Å²) >= 11 is 0. The fourth-order valence-electron chi connectivity index (χ4n) is 10.5. The summed E-state index contributed by atoms with van der Waals surface area (Å²) in [5.41, 5.74) is 16.0. The molecule has 0 fully saturated rings. The van der Waals surface area contributed by atoms with Crippen LogP contribution in [0, 0.1) is 0 Å². The minimum absolute atomic E-state index is 0.376. The fraction of sp³-hybridized carbons (Fsp3) is 0.176.